The second kappa shape index (κ2) is 4.61. The molecule has 1 aromatic rings. The van der Waals surface area contributed by atoms with Crippen LogP contribution in [0.25, 0.3) is 0 Å². The van der Waals surface area contributed by atoms with E-state index in [0.717, 1.165) is 24.2 Å². The lowest BCUT2D eigenvalue weighted by Crippen LogP contribution is -2.46. The third-order valence-electron chi connectivity index (χ3n) is 3.97. The molecule has 0 unspecified atom stereocenters. The van der Waals surface area contributed by atoms with Crippen LogP contribution in [0.2, 0.25) is 0 Å². The molecule has 0 bridgehead atoms. The number of nitrogen functional groups attached to an aromatic ring is 1. The minimum absolute atomic E-state index is 0.590. The average Bonchev–Trinajstić information content (AvgIpc) is 2.33. The molecule has 98 valence electrons. The van der Waals surface area contributed by atoms with Gasteiger partial charge in [-0.3, -0.25) is 4.79 Å². The second-order valence-electron chi connectivity index (χ2n) is 5.28. The summed E-state index contributed by atoms with van der Waals surface area (Å²) in [5, 5.41) is 9.67. The Bertz CT molecular complexity index is 463. The monoisotopic (exact) mass is 248 g/mol. The Kier molecular flexibility index (Phi) is 3.30. The molecule has 0 aliphatic carbocycles. The Balaban J connectivity index is 2.47. The van der Waals surface area contributed by atoms with Gasteiger partial charge < -0.3 is 15.7 Å². The van der Waals surface area contributed by atoms with Gasteiger partial charge in [0.15, 0.2) is 0 Å². The topological polar surface area (TPSA) is 66.6 Å². The SMILES string of the molecule is Cc1ccc(N)c(C2(C(=O)O)CCN(C)CC2)c1. The van der Waals surface area contributed by atoms with E-state index in [1.807, 2.05) is 32.2 Å². The number of hydrogen-bond acceptors (Lipinski definition) is 3. The van der Waals surface area contributed by atoms with Crippen LogP contribution < -0.4 is 5.73 Å². The van der Waals surface area contributed by atoms with Crippen LogP contribution in [0.1, 0.15) is 24.0 Å². The largest absolute Gasteiger partial charge is 0.481 e. The maximum absolute atomic E-state index is 11.8. The fraction of sp³-hybridized carbons (Fsp3) is 0.500. The predicted molar refractivity (Wildman–Crippen MR) is 71.6 cm³/mol. The Labute approximate surface area is 107 Å². The van der Waals surface area contributed by atoms with Crippen molar-refractivity contribution in [1.82, 2.24) is 4.90 Å². The van der Waals surface area contributed by atoms with E-state index in [2.05, 4.69) is 4.90 Å². The molecule has 0 aromatic heterocycles. The molecular weight excluding hydrogens is 228 g/mol. The molecule has 0 radical (unpaired) electrons. The average molecular weight is 248 g/mol. The van der Waals surface area contributed by atoms with Crippen molar-refractivity contribution in [3.05, 3.63) is 29.3 Å². The van der Waals surface area contributed by atoms with Crippen LogP contribution in [-0.2, 0) is 10.2 Å². The molecule has 0 atom stereocenters. The first kappa shape index (κ1) is 12.9. The highest BCUT2D eigenvalue weighted by atomic mass is 16.4. The van der Waals surface area contributed by atoms with E-state index in [-0.39, 0.29) is 0 Å². The Hall–Kier alpha value is -1.55. The van der Waals surface area contributed by atoms with Gasteiger partial charge in [-0.15, -0.1) is 0 Å². The highest BCUT2D eigenvalue weighted by Gasteiger charge is 2.43. The number of benzene rings is 1. The molecule has 1 saturated heterocycles. The first-order chi connectivity index (χ1) is 8.45. The van der Waals surface area contributed by atoms with Gasteiger partial charge >= 0.3 is 5.97 Å². The lowest BCUT2D eigenvalue weighted by Gasteiger charge is -2.38. The minimum atomic E-state index is -0.817. The number of anilines is 1. The highest BCUT2D eigenvalue weighted by Crippen LogP contribution is 2.38. The summed E-state index contributed by atoms with van der Waals surface area (Å²) in [6.07, 6.45) is 1.24. The van der Waals surface area contributed by atoms with Crippen LogP contribution in [-0.4, -0.2) is 36.1 Å². The van der Waals surface area contributed by atoms with E-state index in [1.54, 1.807) is 0 Å². The summed E-state index contributed by atoms with van der Waals surface area (Å²) in [6.45, 7) is 3.55. The Morgan fingerprint density at radius 1 is 1.39 bits per heavy atom. The second-order valence-corrected chi connectivity index (χ2v) is 5.28. The number of carbonyl (C=O) groups is 1. The van der Waals surface area contributed by atoms with Crippen molar-refractivity contribution in [3.8, 4) is 0 Å². The van der Waals surface area contributed by atoms with Gasteiger partial charge in [0.05, 0.1) is 5.41 Å². The van der Waals surface area contributed by atoms with Crippen molar-refractivity contribution in [2.45, 2.75) is 25.2 Å². The number of nitrogens with two attached hydrogens (primary N) is 1. The van der Waals surface area contributed by atoms with Gasteiger partial charge in [0.1, 0.15) is 0 Å². The number of likely N-dealkylation sites (tertiary alicyclic amines) is 1. The van der Waals surface area contributed by atoms with Crippen LogP contribution in [0, 0.1) is 6.92 Å². The summed E-state index contributed by atoms with van der Waals surface area (Å²) in [4.78, 5) is 13.9. The van der Waals surface area contributed by atoms with Gasteiger partial charge in [-0.2, -0.15) is 0 Å². The summed E-state index contributed by atoms with van der Waals surface area (Å²) in [6, 6.07) is 5.66. The van der Waals surface area contributed by atoms with Crippen molar-refractivity contribution < 1.29 is 9.90 Å². The molecule has 4 heteroatoms. The molecule has 3 N–H and O–H groups in total. The van der Waals surface area contributed by atoms with Crippen molar-refractivity contribution >= 4 is 11.7 Å². The number of aryl methyl sites for hydroxylation is 1. The van der Waals surface area contributed by atoms with Crippen LogP contribution in [0.3, 0.4) is 0 Å². The zero-order valence-electron chi connectivity index (χ0n) is 10.9. The summed E-state index contributed by atoms with van der Waals surface area (Å²) in [5.74, 6) is -0.757. The summed E-state index contributed by atoms with van der Waals surface area (Å²) < 4.78 is 0. The van der Waals surface area contributed by atoms with Gasteiger partial charge in [0.2, 0.25) is 0 Å². The maximum Gasteiger partial charge on any atom is 0.314 e. The van der Waals surface area contributed by atoms with Crippen molar-refractivity contribution in [2.24, 2.45) is 0 Å². The molecule has 4 nitrogen and oxygen atoms in total. The third-order valence-corrected chi connectivity index (χ3v) is 3.97. The molecule has 2 rings (SSSR count). The van der Waals surface area contributed by atoms with Crippen LogP contribution in [0.5, 0.6) is 0 Å². The van der Waals surface area contributed by atoms with E-state index in [9.17, 15) is 9.90 Å². The first-order valence-corrected chi connectivity index (χ1v) is 6.24. The predicted octanol–water partition coefficient (Wildman–Crippen LogP) is 1.63. The number of piperidine rings is 1. The lowest BCUT2D eigenvalue weighted by atomic mass is 9.72. The molecule has 1 aromatic carbocycles. The van der Waals surface area contributed by atoms with E-state index >= 15 is 0 Å². The molecule has 0 amide bonds. The molecule has 1 aliphatic rings. The lowest BCUT2D eigenvalue weighted by molar-refractivity contribution is -0.145. The van der Waals surface area contributed by atoms with Gasteiger partial charge in [-0.05, 0) is 51.5 Å². The number of carboxylic acids is 1. The van der Waals surface area contributed by atoms with Gasteiger partial charge in [-0.1, -0.05) is 17.7 Å². The fourth-order valence-corrected chi connectivity index (χ4v) is 2.68. The van der Waals surface area contributed by atoms with Crippen LogP contribution >= 0.6 is 0 Å². The number of hydrogen-bond donors (Lipinski definition) is 2. The number of rotatable bonds is 2. The zero-order chi connectivity index (χ0) is 13.3. The summed E-state index contributed by atoms with van der Waals surface area (Å²) in [5.41, 5.74) is 7.61. The molecule has 1 fully saturated rings. The number of carboxylic acid groups (broad SMARTS) is 1. The molecule has 1 aliphatic heterocycles. The smallest absolute Gasteiger partial charge is 0.314 e. The molecule has 1 heterocycles. The van der Waals surface area contributed by atoms with E-state index in [4.69, 9.17) is 5.73 Å². The normalized spacial score (nSPS) is 19.7. The number of aliphatic carboxylic acids is 1. The summed E-state index contributed by atoms with van der Waals surface area (Å²) in [7, 11) is 2.02. The van der Waals surface area contributed by atoms with Crippen molar-refractivity contribution in [2.75, 3.05) is 25.9 Å². The third kappa shape index (κ3) is 2.08. The molecule has 0 saturated carbocycles. The van der Waals surface area contributed by atoms with Crippen LogP contribution in [0.15, 0.2) is 18.2 Å². The van der Waals surface area contributed by atoms with Gasteiger partial charge in [0.25, 0.3) is 0 Å². The highest BCUT2D eigenvalue weighted by molar-refractivity contribution is 5.84. The van der Waals surface area contributed by atoms with E-state index in [1.165, 1.54) is 0 Å². The quantitative estimate of drug-likeness (QED) is 0.781. The summed E-state index contributed by atoms with van der Waals surface area (Å²) >= 11 is 0. The van der Waals surface area contributed by atoms with Crippen molar-refractivity contribution in [1.29, 1.82) is 0 Å². The molecule has 0 spiro atoms. The first-order valence-electron chi connectivity index (χ1n) is 6.24. The maximum atomic E-state index is 11.8. The Morgan fingerprint density at radius 2 is 2.00 bits per heavy atom. The number of nitrogens with zero attached hydrogens (tertiary/aromatic N) is 1. The van der Waals surface area contributed by atoms with E-state index < -0.39 is 11.4 Å². The van der Waals surface area contributed by atoms with Crippen LogP contribution in [0.4, 0.5) is 5.69 Å². The van der Waals surface area contributed by atoms with Crippen molar-refractivity contribution in [3.63, 3.8) is 0 Å². The molecule has 18 heavy (non-hydrogen) atoms. The molecular formula is C14H20N2O2. The fourth-order valence-electron chi connectivity index (χ4n) is 2.68. The Morgan fingerprint density at radius 3 is 2.56 bits per heavy atom. The van der Waals surface area contributed by atoms with Gasteiger partial charge in [0, 0.05) is 5.69 Å². The van der Waals surface area contributed by atoms with Gasteiger partial charge in [-0.25, -0.2) is 0 Å². The standard InChI is InChI=1S/C14H20N2O2/c1-10-3-4-12(15)11(9-10)14(13(17)18)5-7-16(2)8-6-14/h3-4,9H,5-8,15H2,1-2H3,(H,17,18). The van der Waals surface area contributed by atoms with E-state index in [0.29, 0.717) is 18.5 Å². The zero-order valence-corrected chi connectivity index (χ0v) is 10.9. The minimum Gasteiger partial charge on any atom is -0.481 e.